The molecule has 7 heteroatoms. The summed E-state index contributed by atoms with van der Waals surface area (Å²) in [5.41, 5.74) is 5.02. The maximum absolute atomic E-state index is 12.2. The van der Waals surface area contributed by atoms with E-state index < -0.39 is 0 Å². The zero-order chi connectivity index (χ0) is 19.0. The molecule has 0 atom stereocenters. The summed E-state index contributed by atoms with van der Waals surface area (Å²) in [5.74, 6) is 0.639. The van der Waals surface area contributed by atoms with Crippen LogP contribution in [0.25, 0.3) is 22.7 Å². The maximum atomic E-state index is 12.2. The summed E-state index contributed by atoms with van der Waals surface area (Å²) in [7, 11) is 0. The molecule has 4 rings (SSSR count). The van der Waals surface area contributed by atoms with Gasteiger partial charge in [-0.2, -0.15) is 5.10 Å². The largest absolute Gasteiger partial charge is 0.352 e. The van der Waals surface area contributed by atoms with Crippen LogP contribution >= 0.6 is 0 Å². The number of fused-ring (bicyclic) bond motifs is 1. The average Bonchev–Trinajstić information content (AvgIpc) is 3.28. The van der Waals surface area contributed by atoms with Gasteiger partial charge < -0.3 is 5.32 Å². The van der Waals surface area contributed by atoms with E-state index in [-0.39, 0.29) is 5.91 Å². The molecule has 0 bridgehead atoms. The van der Waals surface area contributed by atoms with Crippen molar-refractivity contribution in [2.45, 2.75) is 20.8 Å². The fourth-order valence-electron chi connectivity index (χ4n) is 3.20. The minimum absolute atomic E-state index is 0.0927. The number of aryl methyl sites for hydroxylation is 2. The number of nitrogens with zero attached hydrogens (tertiary/aromatic N) is 5. The van der Waals surface area contributed by atoms with E-state index in [1.165, 1.54) is 0 Å². The summed E-state index contributed by atoms with van der Waals surface area (Å²) < 4.78 is 3.76. The Morgan fingerprint density at radius 1 is 1.22 bits per heavy atom. The number of benzene rings is 1. The highest BCUT2D eigenvalue weighted by Crippen LogP contribution is 2.26. The Kier molecular flexibility index (Phi) is 4.19. The van der Waals surface area contributed by atoms with E-state index in [1.54, 1.807) is 18.5 Å². The van der Waals surface area contributed by atoms with Gasteiger partial charge in [-0.3, -0.25) is 9.36 Å². The van der Waals surface area contributed by atoms with E-state index in [0.717, 1.165) is 34.1 Å². The van der Waals surface area contributed by atoms with Crippen molar-refractivity contribution in [3.05, 3.63) is 65.9 Å². The van der Waals surface area contributed by atoms with Crippen LogP contribution in [0.4, 0.5) is 0 Å². The Hall–Kier alpha value is -3.48. The summed E-state index contributed by atoms with van der Waals surface area (Å²) in [6.45, 7) is 6.46. The molecule has 0 radical (unpaired) electrons. The third-order valence-corrected chi connectivity index (χ3v) is 4.38. The van der Waals surface area contributed by atoms with Gasteiger partial charge in [0.25, 0.3) is 5.91 Å². The number of carbonyl (C=O) groups excluding carboxylic acids is 1. The third kappa shape index (κ3) is 2.97. The highest BCUT2D eigenvalue weighted by Gasteiger charge is 2.16. The summed E-state index contributed by atoms with van der Waals surface area (Å²) >= 11 is 0. The molecule has 0 spiro atoms. The molecule has 0 saturated carbocycles. The van der Waals surface area contributed by atoms with Crippen molar-refractivity contribution in [3.63, 3.8) is 0 Å². The van der Waals surface area contributed by atoms with Crippen molar-refractivity contribution in [1.82, 2.24) is 29.5 Å². The first-order chi connectivity index (χ1) is 13.1. The Labute approximate surface area is 156 Å². The van der Waals surface area contributed by atoms with E-state index in [9.17, 15) is 4.79 Å². The number of nitrogens with one attached hydrogen (secondary N) is 1. The minimum atomic E-state index is -0.0927. The lowest BCUT2D eigenvalue weighted by molar-refractivity contribution is 0.0956. The Balaban J connectivity index is 1.83. The minimum Gasteiger partial charge on any atom is -0.352 e. The highest BCUT2D eigenvalue weighted by molar-refractivity contribution is 5.94. The molecule has 7 nitrogen and oxygen atoms in total. The average molecular weight is 360 g/mol. The second-order valence-corrected chi connectivity index (χ2v) is 6.36. The van der Waals surface area contributed by atoms with Gasteiger partial charge in [0.05, 0.1) is 11.8 Å². The molecule has 0 saturated heterocycles. The van der Waals surface area contributed by atoms with Crippen molar-refractivity contribution < 1.29 is 4.79 Å². The van der Waals surface area contributed by atoms with Gasteiger partial charge in [0.2, 0.25) is 0 Å². The molecule has 27 heavy (non-hydrogen) atoms. The standard InChI is InChI=1S/C20H20N6O/c1-4-21-20(27)15-6-5-7-16(11-15)25-9-8-22-18(25)17-12-23-26-14(3)10-13(2)24-19(17)26/h5-12H,4H2,1-3H3,(H,21,27). The summed E-state index contributed by atoms with van der Waals surface area (Å²) in [5, 5.41) is 7.28. The van der Waals surface area contributed by atoms with Crippen LogP contribution in [0.3, 0.4) is 0 Å². The van der Waals surface area contributed by atoms with Crippen molar-refractivity contribution in [3.8, 4) is 17.1 Å². The third-order valence-electron chi connectivity index (χ3n) is 4.38. The number of hydrogen-bond acceptors (Lipinski definition) is 4. The van der Waals surface area contributed by atoms with Gasteiger partial charge >= 0.3 is 0 Å². The van der Waals surface area contributed by atoms with E-state index in [1.807, 2.05) is 60.3 Å². The summed E-state index contributed by atoms with van der Waals surface area (Å²) in [4.78, 5) is 21.3. The molecule has 3 heterocycles. The second-order valence-electron chi connectivity index (χ2n) is 6.36. The van der Waals surface area contributed by atoms with Gasteiger partial charge in [-0.05, 0) is 45.0 Å². The Morgan fingerprint density at radius 2 is 2.07 bits per heavy atom. The van der Waals surface area contributed by atoms with Crippen LogP contribution in [0.2, 0.25) is 0 Å². The van der Waals surface area contributed by atoms with E-state index >= 15 is 0 Å². The van der Waals surface area contributed by atoms with Crippen molar-refractivity contribution in [2.75, 3.05) is 6.54 Å². The predicted octanol–water partition coefficient (Wildman–Crippen LogP) is 2.95. The van der Waals surface area contributed by atoms with E-state index in [2.05, 4.69) is 20.4 Å². The molecule has 136 valence electrons. The van der Waals surface area contributed by atoms with Gasteiger partial charge in [0.15, 0.2) is 5.65 Å². The first kappa shape index (κ1) is 17.0. The van der Waals surface area contributed by atoms with Crippen LogP contribution in [0.1, 0.15) is 28.7 Å². The maximum Gasteiger partial charge on any atom is 0.251 e. The predicted molar refractivity (Wildman–Crippen MR) is 103 cm³/mol. The van der Waals surface area contributed by atoms with Gasteiger partial charge in [-0.15, -0.1) is 0 Å². The van der Waals surface area contributed by atoms with Gasteiger partial charge in [-0.1, -0.05) is 6.07 Å². The molecule has 1 amide bonds. The van der Waals surface area contributed by atoms with E-state index in [4.69, 9.17) is 0 Å². The first-order valence-electron chi connectivity index (χ1n) is 8.83. The lowest BCUT2D eigenvalue weighted by atomic mass is 10.2. The van der Waals surface area contributed by atoms with Crippen molar-refractivity contribution >= 4 is 11.6 Å². The first-order valence-corrected chi connectivity index (χ1v) is 8.83. The van der Waals surface area contributed by atoms with Gasteiger partial charge in [-0.25, -0.2) is 14.5 Å². The lowest BCUT2D eigenvalue weighted by Gasteiger charge is -2.09. The zero-order valence-corrected chi connectivity index (χ0v) is 15.5. The molecule has 0 aliphatic heterocycles. The monoisotopic (exact) mass is 360 g/mol. The van der Waals surface area contributed by atoms with Crippen LogP contribution < -0.4 is 5.32 Å². The highest BCUT2D eigenvalue weighted by atomic mass is 16.1. The number of rotatable bonds is 4. The molecule has 3 aromatic heterocycles. The lowest BCUT2D eigenvalue weighted by Crippen LogP contribution is -2.22. The SMILES string of the molecule is CCNC(=O)c1cccc(-n2ccnc2-c2cnn3c(C)cc(C)nc23)c1. The molecule has 0 unspecified atom stereocenters. The topological polar surface area (TPSA) is 77.1 Å². The molecule has 0 fully saturated rings. The van der Waals surface area contributed by atoms with Crippen LogP contribution in [-0.4, -0.2) is 36.6 Å². The van der Waals surface area contributed by atoms with Crippen molar-refractivity contribution in [2.24, 2.45) is 0 Å². The number of amides is 1. The Morgan fingerprint density at radius 3 is 2.89 bits per heavy atom. The van der Waals surface area contributed by atoms with Crippen LogP contribution in [0.5, 0.6) is 0 Å². The Bertz CT molecular complexity index is 1140. The van der Waals surface area contributed by atoms with Gasteiger partial charge in [0.1, 0.15) is 5.82 Å². The van der Waals surface area contributed by atoms with Crippen LogP contribution in [0, 0.1) is 13.8 Å². The summed E-state index contributed by atoms with van der Waals surface area (Å²) in [6, 6.07) is 9.46. The molecule has 4 aromatic rings. The quantitative estimate of drug-likeness (QED) is 0.607. The normalized spacial score (nSPS) is 11.1. The number of carbonyl (C=O) groups is 1. The van der Waals surface area contributed by atoms with Crippen molar-refractivity contribution in [1.29, 1.82) is 0 Å². The molecular formula is C20H20N6O. The molecule has 0 aliphatic carbocycles. The number of hydrogen-bond donors (Lipinski definition) is 1. The fraction of sp³-hybridized carbons (Fsp3) is 0.200. The second kappa shape index (κ2) is 6.68. The van der Waals surface area contributed by atoms with Crippen LogP contribution in [-0.2, 0) is 0 Å². The summed E-state index contributed by atoms with van der Waals surface area (Å²) in [6.07, 6.45) is 5.39. The molecular weight excluding hydrogens is 340 g/mol. The smallest absolute Gasteiger partial charge is 0.251 e. The number of aromatic nitrogens is 5. The zero-order valence-electron chi connectivity index (χ0n) is 15.5. The number of imidazole rings is 1. The fourth-order valence-corrected chi connectivity index (χ4v) is 3.20. The van der Waals surface area contributed by atoms with E-state index in [0.29, 0.717) is 12.1 Å². The molecule has 0 aliphatic rings. The van der Waals surface area contributed by atoms with Crippen LogP contribution in [0.15, 0.2) is 48.9 Å². The van der Waals surface area contributed by atoms with Gasteiger partial charge in [0, 0.05) is 41.6 Å². The molecule has 1 aromatic carbocycles. The molecule has 1 N–H and O–H groups in total.